The first-order chi connectivity index (χ1) is 17.4. The van der Waals surface area contributed by atoms with Crippen molar-refractivity contribution in [2.45, 2.75) is 33.2 Å². The number of hydrogen-bond donors (Lipinski definition) is 0. The summed E-state index contributed by atoms with van der Waals surface area (Å²) in [7, 11) is 0. The van der Waals surface area contributed by atoms with E-state index >= 15 is 0 Å². The average molecular weight is 479 g/mol. The van der Waals surface area contributed by atoms with Crippen molar-refractivity contribution in [1.29, 1.82) is 0 Å². The summed E-state index contributed by atoms with van der Waals surface area (Å²) in [5.41, 5.74) is 3.32. The number of hydrogen-bond acceptors (Lipinski definition) is 4. The highest BCUT2D eigenvalue weighted by atomic mass is 16.3. The summed E-state index contributed by atoms with van der Waals surface area (Å²) in [5.74, 6) is -1.53. The number of amides is 2. The minimum absolute atomic E-state index is 0.0839. The number of carbonyl (C=O) groups excluding carboxylic acids is 2. The minimum atomic E-state index is -0.501. The van der Waals surface area contributed by atoms with Gasteiger partial charge in [0.05, 0.1) is 17.9 Å². The zero-order chi connectivity index (χ0) is 25.4. The van der Waals surface area contributed by atoms with Crippen LogP contribution in [0.25, 0.3) is 17.0 Å². The third kappa shape index (κ3) is 3.98. The van der Waals surface area contributed by atoms with Crippen molar-refractivity contribution in [3.8, 4) is 11.6 Å². The first-order valence-electron chi connectivity index (χ1n) is 11.8. The topological polar surface area (TPSA) is 82.1 Å². The highest BCUT2D eigenvalue weighted by molar-refractivity contribution is 6.44. The summed E-state index contributed by atoms with van der Waals surface area (Å²) in [6.07, 6.45) is 3.48. The van der Waals surface area contributed by atoms with Crippen molar-refractivity contribution in [3.05, 3.63) is 108 Å². The van der Waals surface area contributed by atoms with Crippen molar-refractivity contribution in [2.75, 3.05) is 0 Å². The van der Waals surface area contributed by atoms with E-state index in [1.54, 1.807) is 29.1 Å². The standard InChI is InChI=1S/C29H26N4O3/c1-19(2)25-23(28(35)33(30-25)22-12-8-5-9-13-22)24-26(31-16-14-20(3)15-17-31)29(36)32(27(24)34)18-21-10-6-4-7-11-21/h4-17,19H,18H2,1-3H3. The number of pyridine rings is 1. The Kier molecular flexibility index (Phi) is 5.98. The molecule has 180 valence electrons. The number of rotatable bonds is 6. The molecule has 4 aromatic rings. The summed E-state index contributed by atoms with van der Waals surface area (Å²) >= 11 is 0. The number of carbonyl (C=O) groups is 2. The molecule has 0 atom stereocenters. The summed E-state index contributed by atoms with van der Waals surface area (Å²) < 4.78 is 2.93. The Morgan fingerprint density at radius 3 is 2.11 bits per heavy atom. The van der Waals surface area contributed by atoms with Gasteiger partial charge in [0.15, 0.2) is 12.4 Å². The lowest BCUT2D eigenvalue weighted by Crippen LogP contribution is -2.39. The van der Waals surface area contributed by atoms with E-state index in [4.69, 9.17) is 0 Å². The van der Waals surface area contributed by atoms with Gasteiger partial charge in [-0.05, 0) is 42.0 Å². The molecule has 5 rings (SSSR count). The lowest BCUT2D eigenvalue weighted by Gasteiger charge is -2.16. The summed E-state index contributed by atoms with van der Waals surface area (Å²) in [6.45, 7) is 5.89. The normalized spacial score (nSPS) is 13.8. The van der Waals surface area contributed by atoms with Gasteiger partial charge in [-0.1, -0.05) is 62.4 Å². The number of nitrogens with zero attached hydrogens (tertiary/aromatic N) is 4. The summed E-state index contributed by atoms with van der Waals surface area (Å²) in [5, 5.41) is 18.4. The Morgan fingerprint density at radius 1 is 0.889 bits per heavy atom. The number of para-hydroxylation sites is 1. The molecule has 0 saturated carbocycles. The molecule has 36 heavy (non-hydrogen) atoms. The highest BCUT2D eigenvalue weighted by Crippen LogP contribution is 2.39. The van der Waals surface area contributed by atoms with E-state index in [-0.39, 0.29) is 29.3 Å². The molecule has 0 bridgehead atoms. The monoisotopic (exact) mass is 478 g/mol. The molecule has 2 aromatic carbocycles. The first-order valence-corrected chi connectivity index (χ1v) is 11.8. The fourth-order valence-corrected chi connectivity index (χ4v) is 4.39. The molecule has 0 spiro atoms. The van der Waals surface area contributed by atoms with E-state index < -0.39 is 17.7 Å². The Hall–Kier alpha value is -4.52. The molecule has 1 aliphatic heterocycles. The van der Waals surface area contributed by atoms with E-state index in [0.717, 1.165) is 11.1 Å². The summed E-state index contributed by atoms with van der Waals surface area (Å²) in [6, 6.07) is 22.1. The Bertz CT molecular complexity index is 1470. The predicted octanol–water partition coefficient (Wildman–Crippen LogP) is 3.60. The molecule has 0 saturated heterocycles. The van der Waals surface area contributed by atoms with Gasteiger partial charge in [0, 0.05) is 17.7 Å². The lowest BCUT2D eigenvalue weighted by atomic mass is 9.98. The van der Waals surface area contributed by atoms with Crippen LogP contribution in [0, 0.1) is 6.92 Å². The number of benzene rings is 2. The van der Waals surface area contributed by atoms with Crippen molar-refractivity contribution in [3.63, 3.8) is 0 Å². The molecule has 7 nitrogen and oxygen atoms in total. The smallest absolute Gasteiger partial charge is 0.327 e. The molecule has 0 aliphatic carbocycles. The fourth-order valence-electron chi connectivity index (χ4n) is 4.39. The molecule has 0 N–H and O–H groups in total. The van der Waals surface area contributed by atoms with Gasteiger partial charge in [0.2, 0.25) is 0 Å². The van der Waals surface area contributed by atoms with Gasteiger partial charge in [0.25, 0.3) is 11.6 Å². The predicted molar refractivity (Wildman–Crippen MR) is 134 cm³/mol. The Morgan fingerprint density at radius 2 is 1.50 bits per heavy atom. The zero-order valence-electron chi connectivity index (χ0n) is 20.4. The van der Waals surface area contributed by atoms with Crippen LogP contribution in [0.5, 0.6) is 5.88 Å². The first kappa shape index (κ1) is 23.2. The second kappa shape index (κ2) is 9.26. The van der Waals surface area contributed by atoms with E-state index in [9.17, 15) is 14.7 Å². The maximum absolute atomic E-state index is 13.9. The van der Waals surface area contributed by atoms with Crippen molar-refractivity contribution >= 4 is 23.1 Å². The minimum Gasteiger partial charge on any atom is -0.858 e. The highest BCUT2D eigenvalue weighted by Gasteiger charge is 2.46. The second-order valence-electron chi connectivity index (χ2n) is 9.16. The van der Waals surface area contributed by atoms with E-state index in [2.05, 4.69) is 5.10 Å². The number of aromatic nitrogens is 3. The van der Waals surface area contributed by atoms with Crippen LogP contribution in [-0.4, -0.2) is 26.5 Å². The van der Waals surface area contributed by atoms with Gasteiger partial charge in [-0.2, -0.15) is 9.67 Å². The lowest BCUT2D eigenvalue weighted by molar-refractivity contribution is -0.577. The van der Waals surface area contributed by atoms with Gasteiger partial charge < -0.3 is 5.11 Å². The Labute approximate surface area is 209 Å². The molecular formula is C29H26N4O3. The van der Waals surface area contributed by atoms with E-state index in [1.807, 2.05) is 81.4 Å². The van der Waals surface area contributed by atoms with Crippen molar-refractivity contribution in [1.82, 2.24) is 14.7 Å². The fraction of sp³-hybridized carbons (Fsp3) is 0.172. The third-order valence-corrected chi connectivity index (χ3v) is 6.25. The summed E-state index contributed by atoms with van der Waals surface area (Å²) in [4.78, 5) is 28.9. The second-order valence-corrected chi connectivity index (χ2v) is 9.16. The van der Waals surface area contributed by atoms with Gasteiger partial charge in [-0.15, -0.1) is 0 Å². The molecule has 2 aromatic heterocycles. The van der Waals surface area contributed by atoms with Crippen LogP contribution >= 0.6 is 0 Å². The van der Waals surface area contributed by atoms with Gasteiger partial charge in [-0.25, -0.2) is 4.68 Å². The maximum atomic E-state index is 13.9. The third-order valence-electron chi connectivity index (χ3n) is 6.25. The van der Waals surface area contributed by atoms with E-state index in [1.165, 1.54) is 9.58 Å². The van der Waals surface area contributed by atoms with Crippen LogP contribution < -0.4 is 9.67 Å². The van der Waals surface area contributed by atoms with E-state index in [0.29, 0.717) is 11.4 Å². The van der Waals surface area contributed by atoms with Crippen LogP contribution in [-0.2, 0) is 16.1 Å². The van der Waals surface area contributed by atoms with Gasteiger partial charge in [-0.3, -0.25) is 14.5 Å². The van der Waals surface area contributed by atoms with Crippen molar-refractivity contribution in [2.24, 2.45) is 0 Å². The Balaban J connectivity index is 1.73. The quantitative estimate of drug-likeness (QED) is 0.313. The van der Waals surface area contributed by atoms with Gasteiger partial charge >= 0.3 is 5.91 Å². The zero-order valence-corrected chi connectivity index (χ0v) is 20.4. The molecule has 0 radical (unpaired) electrons. The van der Waals surface area contributed by atoms with Crippen LogP contribution in [0.3, 0.4) is 0 Å². The maximum Gasteiger partial charge on any atom is 0.327 e. The molecule has 2 amide bonds. The van der Waals surface area contributed by atoms with Crippen LogP contribution in [0.15, 0.2) is 85.2 Å². The molecule has 0 unspecified atom stereocenters. The number of aryl methyl sites for hydroxylation is 1. The number of imide groups is 1. The largest absolute Gasteiger partial charge is 0.858 e. The van der Waals surface area contributed by atoms with Gasteiger partial charge in [0.1, 0.15) is 5.57 Å². The van der Waals surface area contributed by atoms with Crippen LogP contribution in [0.1, 0.15) is 42.1 Å². The SMILES string of the molecule is Cc1cc[n+](C2=C(c3c(C(C)C)nn(-c4ccccc4)c3[O-])C(=O)N(Cc3ccccc3)C2=O)cc1. The van der Waals surface area contributed by atoms with Crippen LogP contribution in [0.4, 0.5) is 0 Å². The molecule has 1 aliphatic rings. The molecule has 3 heterocycles. The average Bonchev–Trinajstić information content (AvgIpc) is 3.34. The molecule has 7 heteroatoms. The van der Waals surface area contributed by atoms with Crippen molar-refractivity contribution < 1.29 is 19.3 Å². The van der Waals surface area contributed by atoms with Crippen LogP contribution in [0.2, 0.25) is 0 Å². The molecular weight excluding hydrogens is 452 g/mol. The molecule has 0 fully saturated rings.